The molecule has 0 atom stereocenters. The third-order valence-corrected chi connectivity index (χ3v) is 4.15. The van der Waals surface area contributed by atoms with E-state index >= 15 is 0 Å². The quantitative estimate of drug-likeness (QED) is 0.402. The number of benzene rings is 1. The van der Waals surface area contributed by atoms with Gasteiger partial charge in [0.05, 0.1) is 25.5 Å². The van der Waals surface area contributed by atoms with Crippen molar-refractivity contribution in [2.45, 2.75) is 19.9 Å². The molecule has 26 heavy (non-hydrogen) atoms. The first-order chi connectivity index (χ1) is 12.2. The van der Waals surface area contributed by atoms with Gasteiger partial charge in [0.25, 0.3) is 0 Å². The molecule has 1 saturated heterocycles. The van der Waals surface area contributed by atoms with Crippen LogP contribution in [0.5, 0.6) is 0 Å². The fraction of sp³-hybridized carbons (Fsp3) is 0.368. The number of halogens is 1. The van der Waals surface area contributed by atoms with E-state index < -0.39 is 0 Å². The maximum absolute atomic E-state index is 6.01. The van der Waals surface area contributed by atoms with Gasteiger partial charge in [-0.1, -0.05) is 25.1 Å². The lowest BCUT2D eigenvalue weighted by Gasteiger charge is -2.27. The topological polar surface area (TPSA) is 75.8 Å². The number of hydrogen-bond acceptors (Lipinski definition) is 4. The molecule has 1 aromatic carbocycles. The standard InChI is InChI=1S/C19H25N5O.HI/c1-2-15-5-3-6-16(13-15)23-19(20)21-14-17-7-4-8-18(22-17)24-9-11-25-12-10-24;/h3-8,13H,2,9-12,14H2,1H3,(H3,20,21,23);1H. The molecular weight excluding hydrogens is 441 g/mol. The minimum atomic E-state index is 0. The molecule has 0 amide bonds. The maximum Gasteiger partial charge on any atom is 0.193 e. The molecule has 2 heterocycles. The number of nitrogens with one attached hydrogen (secondary N) is 1. The van der Waals surface area contributed by atoms with Crippen LogP contribution in [-0.2, 0) is 17.7 Å². The lowest BCUT2D eigenvalue weighted by atomic mass is 10.1. The van der Waals surface area contributed by atoms with Crippen LogP contribution in [0.3, 0.4) is 0 Å². The van der Waals surface area contributed by atoms with E-state index in [9.17, 15) is 0 Å². The fourth-order valence-corrected chi connectivity index (χ4v) is 2.75. The van der Waals surface area contributed by atoms with Gasteiger partial charge in [0, 0.05) is 18.8 Å². The van der Waals surface area contributed by atoms with E-state index in [2.05, 4.69) is 39.2 Å². The number of aromatic nitrogens is 1. The fourth-order valence-electron chi connectivity index (χ4n) is 2.75. The third-order valence-electron chi connectivity index (χ3n) is 4.15. The molecule has 0 spiro atoms. The molecular formula is C19H26IN5O. The summed E-state index contributed by atoms with van der Waals surface area (Å²) in [5, 5.41) is 3.14. The second-order valence-corrected chi connectivity index (χ2v) is 5.97. The van der Waals surface area contributed by atoms with Crippen LogP contribution in [0.1, 0.15) is 18.2 Å². The van der Waals surface area contributed by atoms with Crippen molar-refractivity contribution in [3.8, 4) is 0 Å². The summed E-state index contributed by atoms with van der Waals surface area (Å²) in [4.78, 5) is 11.3. The number of anilines is 2. The summed E-state index contributed by atoms with van der Waals surface area (Å²) in [7, 11) is 0. The largest absolute Gasteiger partial charge is 0.378 e. The van der Waals surface area contributed by atoms with E-state index in [1.54, 1.807) is 0 Å². The molecule has 0 saturated carbocycles. The highest BCUT2D eigenvalue weighted by atomic mass is 127. The van der Waals surface area contributed by atoms with Gasteiger partial charge in [-0.2, -0.15) is 0 Å². The van der Waals surface area contributed by atoms with Crippen molar-refractivity contribution >= 4 is 41.4 Å². The van der Waals surface area contributed by atoms with Crippen LogP contribution in [-0.4, -0.2) is 37.2 Å². The zero-order valence-electron chi connectivity index (χ0n) is 15.0. The number of ether oxygens (including phenoxy) is 1. The Morgan fingerprint density at radius 2 is 2.00 bits per heavy atom. The van der Waals surface area contributed by atoms with E-state index in [1.807, 2.05) is 30.3 Å². The van der Waals surface area contributed by atoms with Crippen LogP contribution < -0.4 is 16.0 Å². The van der Waals surface area contributed by atoms with Gasteiger partial charge in [-0.3, -0.25) is 0 Å². The van der Waals surface area contributed by atoms with Crippen molar-refractivity contribution in [1.82, 2.24) is 4.98 Å². The molecule has 7 heteroatoms. The van der Waals surface area contributed by atoms with Crippen molar-refractivity contribution in [2.75, 3.05) is 36.5 Å². The molecule has 1 aliphatic rings. The van der Waals surface area contributed by atoms with E-state index in [0.29, 0.717) is 12.5 Å². The Bertz CT molecular complexity index is 731. The second-order valence-electron chi connectivity index (χ2n) is 5.97. The average Bonchev–Trinajstić information content (AvgIpc) is 2.67. The van der Waals surface area contributed by atoms with Crippen LogP contribution in [0.25, 0.3) is 0 Å². The summed E-state index contributed by atoms with van der Waals surface area (Å²) in [6, 6.07) is 14.2. The minimum Gasteiger partial charge on any atom is -0.378 e. The predicted octanol–water partition coefficient (Wildman–Crippen LogP) is 3.03. The molecule has 0 bridgehead atoms. The molecule has 0 aliphatic carbocycles. The number of pyridine rings is 1. The van der Waals surface area contributed by atoms with Crippen LogP contribution in [0.4, 0.5) is 11.5 Å². The summed E-state index contributed by atoms with van der Waals surface area (Å²) in [6.07, 6.45) is 0.991. The number of rotatable bonds is 5. The Morgan fingerprint density at radius 3 is 2.77 bits per heavy atom. The maximum atomic E-state index is 6.01. The molecule has 2 aromatic rings. The highest BCUT2D eigenvalue weighted by molar-refractivity contribution is 14.0. The average molecular weight is 467 g/mol. The molecule has 140 valence electrons. The Hall–Kier alpha value is -1.87. The second kappa shape index (κ2) is 10.3. The zero-order valence-corrected chi connectivity index (χ0v) is 17.3. The van der Waals surface area contributed by atoms with E-state index in [-0.39, 0.29) is 24.0 Å². The van der Waals surface area contributed by atoms with Gasteiger partial charge in [-0.05, 0) is 36.2 Å². The van der Waals surface area contributed by atoms with Gasteiger partial charge in [0.2, 0.25) is 0 Å². The van der Waals surface area contributed by atoms with Crippen LogP contribution in [0, 0.1) is 0 Å². The van der Waals surface area contributed by atoms with Gasteiger partial charge in [-0.15, -0.1) is 24.0 Å². The summed E-state index contributed by atoms with van der Waals surface area (Å²) in [6.45, 7) is 5.82. The molecule has 1 aromatic heterocycles. The van der Waals surface area contributed by atoms with Gasteiger partial charge in [0.15, 0.2) is 5.96 Å². The van der Waals surface area contributed by atoms with Gasteiger partial charge in [-0.25, -0.2) is 9.98 Å². The molecule has 0 radical (unpaired) electrons. The number of nitrogens with zero attached hydrogens (tertiary/aromatic N) is 3. The van der Waals surface area contributed by atoms with Gasteiger partial charge < -0.3 is 20.7 Å². The smallest absolute Gasteiger partial charge is 0.193 e. The highest BCUT2D eigenvalue weighted by Crippen LogP contribution is 2.14. The predicted molar refractivity (Wildman–Crippen MR) is 117 cm³/mol. The summed E-state index contributed by atoms with van der Waals surface area (Å²) >= 11 is 0. The molecule has 3 N–H and O–H groups in total. The number of morpholine rings is 1. The Labute approximate surface area is 171 Å². The van der Waals surface area contributed by atoms with Crippen molar-refractivity contribution in [1.29, 1.82) is 0 Å². The van der Waals surface area contributed by atoms with Crippen molar-refractivity contribution < 1.29 is 4.74 Å². The SMILES string of the molecule is CCc1cccc(NC(N)=NCc2cccc(N3CCOCC3)n2)c1.I. The highest BCUT2D eigenvalue weighted by Gasteiger charge is 2.12. The zero-order chi connectivity index (χ0) is 17.5. The van der Waals surface area contributed by atoms with E-state index in [1.165, 1.54) is 5.56 Å². The van der Waals surface area contributed by atoms with Crippen molar-refractivity contribution in [3.63, 3.8) is 0 Å². The van der Waals surface area contributed by atoms with E-state index in [0.717, 1.165) is 49.9 Å². The van der Waals surface area contributed by atoms with Crippen molar-refractivity contribution in [2.24, 2.45) is 10.7 Å². The number of nitrogens with two attached hydrogens (primary N) is 1. The molecule has 0 unspecified atom stereocenters. The number of aliphatic imine (C=N–C) groups is 1. The van der Waals surface area contributed by atoms with Crippen LogP contribution in [0.15, 0.2) is 47.5 Å². The summed E-state index contributed by atoms with van der Waals surface area (Å²) in [5.41, 5.74) is 9.13. The Morgan fingerprint density at radius 1 is 1.23 bits per heavy atom. The lowest BCUT2D eigenvalue weighted by molar-refractivity contribution is 0.122. The molecule has 1 fully saturated rings. The number of aryl methyl sites for hydroxylation is 1. The number of guanidine groups is 1. The first-order valence-electron chi connectivity index (χ1n) is 8.69. The number of hydrogen-bond donors (Lipinski definition) is 2. The molecule has 3 rings (SSSR count). The molecule has 6 nitrogen and oxygen atoms in total. The summed E-state index contributed by atoms with van der Waals surface area (Å²) in [5.74, 6) is 1.37. The monoisotopic (exact) mass is 467 g/mol. The molecule has 1 aliphatic heterocycles. The van der Waals surface area contributed by atoms with Crippen molar-refractivity contribution in [3.05, 3.63) is 53.7 Å². The normalized spacial score (nSPS) is 14.7. The first-order valence-corrected chi connectivity index (χ1v) is 8.69. The van der Waals surface area contributed by atoms with Gasteiger partial charge >= 0.3 is 0 Å². The lowest BCUT2D eigenvalue weighted by Crippen LogP contribution is -2.36. The summed E-state index contributed by atoms with van der Waals surface area (Å²) < 4.78 is 5.39. The van der Waals surface area contributed by atoms with Crippen LogP contribution in [0.2, 0.25) is 0 Å². The first kappa shape index (κ1) is 20.4. The van der Waals surface area contributed by atoms with Gasteiger partial charge in [0.1, 0.15) is 5.82 Å². The third kappa shape index (κ3) is 5.84. The van der Waals surface area contributed by atoms with Crippen LogP contribution >= 0.6 is 24.0 Å². The minimum absolute atomic E-state index is 0. The Balaban J connectivity index is 0.00000243. The van der Waals surface area contributed by atoms with E-state index in [4.69, 9.17) is 10.5 Å². The Kier molecular flexibility index (Phi) is 8.11.